The molecule has 3 fully saturated rings. The Morgan fingerprint density at radius 2 is 1.86 bits per heavy atom. The third kappa shape index (κ3) is 2.81. The van der Waals surface area contributed by atoms with E-state index in [1.807, 2.05) is 6.08 Å². The summed E-state index contributed by atoms with van der Waals surface area (Å²) in [5.41, 5.74) is 1.36. The smallest absolute Gasteiger partial charge is 0.302 e. The predicted molar refractivity (Wildman–Crippen MR) is 106 cm³/mol. The summed E-state index contributed by atoms with van der Waals surface area (Å²) in [6, 6.07) is 0. The van der Waals surface area contributed by atoms with Gasteiger partial charge in [0.25, 0.3) is 0 Å². The molecule has 3 saturated carbocycles. The number of hydrogen-bond acceptors (Lipinski definition) is 4. The van der Waals surface area contributed by atoms with Crippen molar-refractivity contribution in [3.8, 4) is 0 Å². The Balaban J connectivity index is 1.67. The van der Waals surface area contributed by atoms with E-state index < -0.39 is 0 Å². The number of hydrogen-bond donors (Lipinski definition) is 0. The normalized spacial score (nSPS) is 44.8. The van der Waals surface area contributed by atoms with Gasteiger partial charge >= 0.3 is 5.97 Å². The fraction of sp³-hybridized carbons (Fsp3) is 0.792. The predicted octanol–water partition coefficient (Wildman–Crippen LogP) is 4.51. The van der Waals surface area contributed by atoms with Gasteiger partial charge in [0.1, 0.15) is 5.78 Å². The molecule has 0 radical (unpaired) electrons. The van der Waals surface area contributed by atoms with Crippen LogP contribution in [0, 0.1) is 40.4 Å². The van der Waals surface area contributed by atoms with E-state index >= 15 is 0 Å². The number of ether oxygens (including phenoxy) is 1. The molecule has 0 bridgehead atoms. The number of esters is 1. The highest BCUT2D eigenvalue weighted by Crippen LogP contribution is 2.67. The lowest BCUT2D eigenvalue weighted by Gasteiger charge is -2.60. The molecule has 0 heterocycles. The first-order valence-electron chi connectivity index (χ1n) is 11.1. The molecule has 0 spiro atoms. The number of allylic oxidation sites excluding steroid dienone is 1. The third-order valence-electron chi connectivity index (χ3n) is 9.26. The number of Topliss-reactive ketones (excluding diaryl/α,β-unsaturated/α-hetero) is 1. The minimum absolute atomic E-state index is 0.0675. The van der Waals surface area contributed by atoms with Gasteiger partial charge in [-0.15, -0.1) is 0 Å². The quantitative estimate of drug-likeness (QED) is 0.670. The molecule has 0 N–H and O–H groups in total. The minimum atomic E-state index is -0.268. The molecule has 154 valence electrons. The lowest BCUT2D eigenvalue weighted by Crippen LogP contribution is -2.54. The van der Waals surface area contributed by atoms with Crippen LogP contribution in [-0.4, -0.2) is 24.1 Å². The number of carbonyl (C=O) groups excluding carboxylic acids is 3. The molecule has 0 aliphatic heterocycles. The summed E-state index contributed by atoms with van der Waals surface area (Å²) in [6.45, 7) is 8.25. The highest BCUT2D eigenvalue weighted by Gasteiger charge is 2.61. The standard InChI is InChI=1S/C24H34O4/c1-14(25)20-7-8-21-19-6-5-16-11-18(27)12-17(13-28-15(2)26)24(16,4)22(19)9-10-23(20,21)3/h11,17,19-22H,5-10,12-13H2,1-4H3. The minimum Gasteiger partial charge on any atom is -0.466 e. The summed E-state index contributed by atoms with van der Waals surface area (Å²) in [5.74, 6) is 2.30. The number of rotatable bonds is 3. The van der Waals surface area contributed by atoms with Gasteiger partial charge < -0.3 is 4.74 Å². The first kappa shape index (κ1) is 19.8. The summed E-state index contributed by atoms with van der Waals surface area (Å²) < 4.78 is 5.42. The van der Waals surface area contributed by atoms with Gasteiger partial charge in [-0.05, 0) is 80.1 Å². The van der Waals surface area contributed by atoms with Crippen molar-refractivity contribution in [1.82, 2.24) is 0 Å². The highest BCUT2D eigenvalue weighted by atomic mass is 16.5. The van der Waals surface area contributed by atoms with Crippen LogP contribution >= 0.6 is 0 Å². The topological polar surface area (TPSA) is 60.4 Å². The van der Waals surface area contributed by atoms with Gasteiger partial charge in [0.15, 0.2) is 5.78 Å². The van der Waals surface area contributed by atoms with Crippen LogP contribution in [0.15, 0.2) is 11.6 Å². The Kier molecular flexibility index (Phi) is 4.83. The maximum atomic E-state index is 12.4. The molecular formula is C24H34O4. The lowest BCUT2D eigenvalue weighted by molar-refractivity contribution is -0.148. The van der Waals surface area contributed by atoms with Gasteiger partial charge in [0.2, 0.25) is 0 Å². The maximum Gasteiger partial charge on any atom is 0.302 e. The molecule has 4 rings (SSSR count). The van der Waals surface area contributed by atoms with Gasteiger partial charge in [0.05, 0.1) is 6.61 Å². The molecule has 0 aromatic carbocycles. The van der Waals surface area contributed by atoms with E-state index in [0.29, 0.717) is 36.6 Å². The molecule has 4 nitrogen and oxygen atoms in total. The van der Waals surface area contributed by atoms with Gasteiger partial charge in [-0.25, -0.2) is 0 Å². The molecule has 0 aromatic rings. The summed E-state index contributed by atoms with van der Waals surface area (Å²) >= 11 is 0. The molecule has 7 unspecified atom stereocenters. The number of fused-ring (bicyclic) bond motifs is 5. The van der Waals surface area contributed by atoms with E-state index in [9.17, 15) is 14.4 Å². The lowest BCUT2D eigenvalue weighted by atomic mass is 9.44. The van der Waals surface area contributed by atoms with Crippen molar-refractivity contribution >= 4 is 17.5 Å². The van der Waals surface area contributed by atoms with Crippen LogP contribution in [0.5, 0.6) is 0 Å². The average molecular weight is 387 g/mol. The first-order valence-corrected chi connectivity index (χ1v) is 11.1. The fourth-order valence-electron chi connectivity index (χ4n) is 7.88. The summed E-state index contributed by atoms with van der Waals surface area (Å²) in [5, 5.41) is 0. The Morgan fingerprint density at radius 3 is 2.54 bits per heavy atom. The highest BCUT2D eigenvalue weighted by molar-refractivity contribution is 5.92. The van der Waals surface area contributed by atoms with Crippen molar-refractivity contribution in [2.75, 3.05) is 6.61 Å². The summed E-state index contributed by atoms with van der Waals surface area (Å²) in [6.07, 6.45) is 8.89. The average Bonchev–Trinajstić information content (AvgIpc) is 2.97. The van der Waals surface area contributed by atoms with Gasteiger partial charge in [-0.3, -0.25) is 14.4 Å². The monoisotopic (exact) mass is 386 g/mol. The van der Waals surface area contributed by atoms with Gasteiger partial charge in [-0.2, -0.15) is 0 Å². The molecule has 4 heteroatoms. The van der Waals surface area contributed by atoms with Crippen LogP contribution in [0.3, 0.4) is 0 Å². The van der Waals surface area contributed by atoms with Crippen LogP contribution < -0.4 is 0 Å². The van der Waals surface area contributed by atoms with Crippen molar-refractivity contribution in [2.45, 2.75) is 72.6 Å². The van der Waals surface area contributed by atoms with Crippen LogP contribution in [0.4, 0.5) is 0 Å². The second-order valence-electron chi connectivity index (χ2n) is 10.3. The molecule has 0 saturated heterocycles. The van der Waals surface area contributed by atoms with Crippen molar-refractivity contribution in [3.63, 3.8) is 0 Å². The fourth-order valence-corrected chi connectivity index (χ4v) is 7.88. The molecule has 4 aliphatic carbocycles. The zero-order valence-corrected chi connectivity index (χ0v) is 17.8. The van der Waals surface area contributed by atoms with E-state index in [1.54, 1.807) is 6.92 Å². The van der Waals surface area contributed by atoms with E-state index in [4.69, 9.17) is 4.74 Å². The zero-order chi connectivity index (χ0) is 20.3. The molecule has 0 aromatic heterocycles. The van der Waals surface area contributed by atoms with Gasteiger partial charge in [-0.1, -0.05) is 19.4 Å². The van der Waals surface area contributed by atoms with E-state index in [0.717, 1.165) is 38.5 Å². The SMILES string of the molecule is CC(=O)OCC1CC(=O)C=C2CCC3C4CCC(C(C)=O)C4(C)CCC3C21C. The molecule has 0 amide bonds. The number of ketones is 2. The van der Waals surface area contributed by atoms with Crippen molar-refractivity contribution in [3.05, 3.63) is 11.6 Å². The Labute approximate surface area is 168 Å². The molecule has 4 aliphatic rings. The van der Waals surface area contributed by atoms with Crippen LogP contribution in [0.2, 0.25) is 0 Å². The maximum absolute atomic E-state index is 12.4. The van der Waals surface area contributed by atoms with Gasteiger partial charge in [0, 0.05) is 25.2 Å². The van der Waals surface area contributed by atoms with E-state index in [2.05, 4.69) is 13.8 Å². The van der Waals surface area contributed by atoms with E-state index in [1.165, 1.54) is 12.5 Å². The Morgan fingerprint density at radius 1 is 1.11 bits per heavy atom. The second kappa shape index (κ2) is 6.81. The third-order valence-corrected chi connectivity index (χ3v) is 9.26. The number of carbonyl (C=O) groups is 3. The first-order chi connectivity index (χ1) is 13.2. The van der Waals surface area contributed by atoms with Crippen LogP contribution in [0.25, 0.3) is 0 Å². The largest absolute Gasteiger partial charge is 0.466 e. The molecular weight excluding hydrogens is 352 g/mol. The second-order valence-corrected chi connectivity index (χ2v) is 10.3. The Bertz CT molecular complexity index is 737. The van der Waals surface area contributed by atoms with Crippen LogP contribution in [0.1, 0.15) is 72.6 Å². The van der Waals surface area contributed by atoms with Crippen molar-refractivity contribution < 1.29 is 19.1 Å². The summed E-state index contributed by atoms with van der Waals surface area (Å²) in [4.78, 5) is 36.1. The van der Waals surface area contributed by atoms with Crippen molar-refractivity contribution in [1.29, 1.82) is 0 Å². The molecule has 7 atom stereocenters. The van der Waals surface area contributed by atoms with Crippen LogP contribution in [-0.2, 0) is 19.1 Å². The van der Waals surface area contributed by atoms with E-state index in [-0.39, 0.29) is 34.4 Å². The zero-order valence-electron chi connectivity index (χ0n) is 17.8. The van der Waals surface area contributed by atoms with Crippen molar-refractivity contribution in [2.24, 2.45) is 40.4 Å². The molecule has 28 heavy (non-hydrogen) atoms. The Hall–Kier alpha value is -1.45. The summed E-state index contributed by atoms with van der Waals surface area (Å²) in [7, 11) is 0.